The molecule has 7 nitrogen and oxygen atoms in total. The predicted molar refractivity (Wildman–Crippen MR) is 110 cm³/mol. The number of halogens is 1. The number of nitrogens with one attached hydrogen (secondary N) is 2. The molecule has 1 aromatic heterocycles. The predicted octanol–water partition coefficient (Wildman–Crippen LogP) is 2.33. The van der Waals surface area contributed by atoms with Crippen molar-refractivity contribution in [2.45, 2.75) is 25.4 Å². The van der Waals surface area contributed by atoms with Gasteiger partial charge in [0, 0.05) is 50.9 Å². The van der Waals surface area contributed by atoms with Crippen LogP contribution in [0.1, 0.15) is 18.4 Å². The van der Waals surface area contributed by atoms with Crippen LogP contribution in [0, 0.1) is 5.82 Å². The molecule has 154 valence electrons. The summed E-state index contributed by atoms with van der Waals surface area (Å²) in [5, 5.41) is 6.77. The van der Waals surface area contributed by atoms with E-state index in [-0.39, 0.29) is 11.9 Å². The summed E-state index contributed by atoms with van der Waals surface area (Å²) < 4.78 is 25.6. The summed E-state index contributed by atoms with van der Waals surface area (Å²) in [4.78, 5) is 10.5. The van der Waals surface area contributed by atoms with E-state index in [4.69, 9.17) is 9.47 Å². The topological polar surface area (TPSA) is 71.0 Å². The Bertz CT molecular complexity index is 876. The Balaban J connectivity index is 1.35. The number of pyridine rings is 1. The first-order valence-corrected chi connectivity index (χ1v) is 9.94. The average Bonchev–Trinajstić information content (AvgIpc) is 3.06. The van der Waals surface area contributed by atoms with E-state index >= 15 is 0 Å². The summed E-state index contributed by atoms with van der Waals surface area (Å²) in [7, 11) is 1.74. The number of anilines is 1. The number of ether oxygens (including phenoxy) is 2. The molecule has 0 saturated carbocycles. The molecule has 1 saturated heterocycles. The van der Waals surface area contributed by atoms with Gasteiger partial charge in [0.15, 0.2) is 29.1 Å². The maximum Gasteiger partial charge on any atom is 0.191 e. The lowest BCUT2D eigenvalue weighted by Crippen LogP contribution is -2.44. The quantitative estimate of drug-likeness (QED) is 0.607. The summed E-state index contributed by atoms with van der Waals surface area (Å²) in [6.45, 7) is 3.31. The van der Waals surface area contributed by atoms with Crippen molar-refractivity contribution in [2.75, 3.05) is 38.3 Å². The van der Waals surface area contributed by atoms with Gasteiger partial charge in [-0.2, -0.15) is 0 Å². The van der Waals surface area contributed by atoms with Crippen LogP contribution in [0.5, 0.6) is 11.5 Å². The third kappa shape index (κ3) is 4.52. The summed E-state index contributed by atoms with van der Waals surface area (Å²) in [5.41, 5.74) is 1.02. The van der Waals surface area contributed by atoms with Crippen LogP contribution in [0.3, 0.4) is 0 Å². The van der Waals surface area contributed by atoms with Gasteiger partial charge in [-0.1, -0.05) is 12.1 Å². The minimum absolute atomic E-state index is 0.162. The lowest BCUT2D eigenvalue weighted by molar-refractivity contribution is 0.296. The first kappa shape index (κ1) is 19.3. The van der Waals surface area contributed by atoms with E-state index in [1.165, 1.54) is 6.07 Å². The highest BCUT2D eigenvalue weighted by Gasteiger charge is 2.26. The normalized spacial score (nSPS) is 19.0. The smallest absolute Gasteiger partial charge is 0.191 e. The molecule has 0 bridgehead atoms. The number of para-hydroxylation sites is 1. The van der Waals surface area contributed by atoms with Crippen LogP contribution < -0.4 is 25.0 Å². The molecule has 0 radical (unpaired) electrons. The largest absolute Gasteiger partial charge is 0.490 e. The standard InChI is InChI=1S/C21H26FN5O2/c1-23-21(25-13-15-5-2-7-18-19(15)29-12-4-11-28-18)26-16-8-10-27(14-16)20-17(22)6-3-9-24-20/h2-3,5-7,9,16H,4,8,10-14H2,1H3,(H2,23,25,26). The van der Waals surface area contributed by atoms with Gasteiger partial charge in [0.05, 0.1) is 13.2 Å². The Morgan fingerprint density at radius 2 is 2.17 bits per heavy atom. The molecule has 4 rings (SSSR count). The van der Waals surface area contributed by atoms with E-state index in [2.05, 4.69) is 20.6 Å². The number of hydrogen-bond acceptors (Lipinski definition) is 5. The summed E-state index contributed by atoms with van der Waals surface area (Å²) >= 11 is 0. The number of aliphatic imine (C=N–C) groups is 1. The molecule has 0 spiro atoms. The first-order valence-electron chi connectivity index (χ1n) is 9.94. The lowest BCUT2D eigenvalue weighted by atomic mass is 10.2. The third-order valence-electron chi connectivity index (χ3n) is 5.09. The Hall–Kier alpha value is -3.03. The van der Waals surface area contributed by atoms with Crippen LogP contribution in [0.4, 0.5) is 10.2 Å². The molecular formula is C21H26FN5O2. The second-order valence-corrected chi connectivity index (χ2v) is 7.11. The Kier molecular flexibility index (Phi) is 5.97. The Labute approximate surface area is 169 Å². The maximum absolute atomic E-state index is 14.0. The number of benzene rings is 1. The van der Waals surface area contributed by atoms with Gasteiger partial charge < -0.3 is 25.0 Å². The maximum atomic E-state index is 14.0. The molecule has 8 heteroatoms. The van der Waals surface area contributed by atoms with Gasteiger partial charge in [-0.25, -0.2) is 9.37 Å². The van der Waals surface area contributed by atoms with Gasteiger partial charge in [-0.15, -0.1) is 0 Å². The molecule has 0 aliphatic carbocycles. The van der Waals surface area contributed by atoms with Gasteiger partial charge in [-0.3, -0.25) is 4.99 Å². The second kappa shape index (κ2) is 8.98. The van der Waals surface area contributed by atoms with Gasteiger partial charge in [0.2, 0.25) is 0 Å². The fraction of sp³-hybridized carbons (Fsp3) is 0.429. The molecule has 1 unspecified atom stereocenters. The van der Waals surface area contributed by atoms with Crippen molar-refractivity contribution >= 4 is 11.8 Å². The number of aromatic nitrogens is 1. The van der Waals surface area contributed by atoms with Crippen molar-refractivity contribution in [1.29, 1.82) is 0 Å². The van der Waals surface area contributed by atoms with E-state index in [9.17, 15) is 4.39 Å². The monoisotopic (exact) mass is 399 g/mol. The molecule has 1 fully saturated rings. The lowest BCUT2D eigenvalue weighted by Gasteiger charge is -2.20. The van der Waals surface area contributed by atoms with Crippen LogP contribution in [-0.4, -0.2) is 50.3 Å². The molecular weight excluding hydrogens is 373 g/mol. The van der Waals surface area contributed by atoms with Crippen LogP contribution in [0.2, 0.25) is 0 Å². The highest BCUT2D eigenvalue weighted by molar-refractivity contribution is 5.80. The molecule has 0 amide bonds. The van der Waals surface area contributed by atoms with Crippen molar-refractivity contribution in [3.8, 4) is 11.5 Å². The molecule has 2 aliphatic rings. The van der Waals surface area contributed by atoms with Gasteiger partial charge >= 0.3 is 0 Å². The molecule has 1 atom stereocenters. The number of fused-ring (bicyclic) bond motifs is 1. The van der Waals surface area contributed by atoms with Gasteiger partial charge in [-0.05, 0) is 24.6 Å². The van der Waals surface area contributed by atoms with Crippen molar-refractivity contribution < 1.29 is 13.9 Å². The molecule has 2 aromatic rings. The zero-order chi connectivity index (χ0) is 20.1. The van der Waals surface area contributed by atoms with E-state index in [0.29, 0.717) is 38.1 Å². The van der Waals surface area contributed by atoms with Gasteiger partial charge in [0.1, 0.15) is 0 Å². The summed E-state index contributed by atoms with van der Waals surface area (Å²) in [5.74, 6) is 2.40. The van der Waals surface area contributed by atoms with Gasteiger partial charge in [0.25, 0.3) is 0 Å². The zero-order valence-corrected chi connectivity index (χ0v) is 16.5. The molecule has 2 aliphatic heterocycles. The molecule has 1 aromatic carbocycles. The summed E-state index contributed by atoms with van der Waals surface area (Å²) in [6, 6.07) is 9.13. The fourth-order valence-corrected chi connectivity index (χ4v) is 3.64. The Morgan fingerprint density at radius 1 is 1.28 bits per heavy atom. The first-order chi connectivity index (χ1) is 14.2. The third-order valence-corrected chi connectivity index (χ3v) is 5.09. The van der Waals surface area contributed by atoms with E-state index < -0.39 is 0 Å². The highest BCUT2D eigenvalue weighted by Crippen LogP contribution is 2.33. The number of guanidine groups is 1. The highest BCUT2D eigenvalue weighted by atomic mass is 19.1. The zero-order valence-electron chi connectivity index (χ0n) is 16.5. The van der Waals surface area contributed by atoms with E-state index in [1.54, 1.807) is 19.3 Å². The number of hydrogen-bond donors (Lipinski definition) is 2. The van der Waals surface area contributed by atoms with Crippen LogP contribution in [-0.2, 0) is 6.54 Å². The van der Waals surface area contributed by atoms with Crippen LogP contribution in [0.25, 0.3) is 0 Å². The van der Waals surface area contributed by atoms with Crippen molar-refractivity contribution in [2.24, 2.45) is 4.99 Å². The molecule has 2 N–H and O–H groups in total. The Morgan fingerprint density at radius 3 is 3.03 bits per heavy atom. The number of rotatable bonds is 4. The molecule has 29 heavy (non-hydrogen) atoms. The van der Waals surface area contributed by atoms with E-state index in [0.717, 1.165) is 36.4 Å². The molecule has 3 heterocycles. The van der Waals surface area contributed by atoms with Crippen molar-refractivity contribution in [3.05, 3.63) is 47.9 Å². The van der Waals surface area contributed by atoms with Crippen LogP contribution >= 0.6 is 0 Å². The number of nitrogens with zero attached hydrogens (tertiary/aromatic N) is 3. The minimum Gasteiger partial charge on any atom is -0.490 e. The average molecular weight is 399 g/mol. The van der Waals surface area contributed by atoms with Crippen molar-refractivity contribution in [1.82, 2.24) is 15.6 Å². The minimum atomic E-state index is -0.289. The summed E-state index contributed by atoms with van der Waals surface area (Å²) in [6.07, 6.45) is 3.38. The van der Waals surface area contributed by atoms with Crippen molar-refractivity contribution in [3.63, 3.8) is 0 Å². The SMILES string of the molecule is CN=C(NCc1cccc2c1OCCCO2)NC1CCN(c2ncccc2F)C1. The fourth-order valence-electron chi connectivity index (χ4n) is 3.64. The van der Waals surface area contributed by atoms with Crippen LogP contribution in [0.15, 0.2) is 41.5 Å². The second-order valence-electron chi connectivity index (χ2n) is 7.11. The van der Waals surface area contributed by atoms with E-state index in [1.807, 2.05) is 23.1 Å².